The lowest BCUT2D eigenvalue weighted by Crippen LogP contribution is -2.23. The Hall–Kier alpha value is -3.17. The Morgan fingerprint density at radius 1 is 1.19 bits per heavy atom. The SMILES string of the molecule is Cc1cc(F)ccc1-n1c(SCC(=O)Nc2ccc(N(C)C)cc2)nc2ccsc2c1=O. The largest absolute Gasteiger partial charge is 0.378 e. The van der Waals surface area contributed by atoms with E-state index in [4.69, 9.17) is 0 Å². The van der Waals surface area contributed by atoms with E-state index in [0.717, 1.165) is 5.69 Å². The zero-order valence-corrected chi connectivity index (χ0v) is 19.4. The third-order valence-corrected chi connectivity index (χ3v) is 6.68. The molecule has 1 amide bonds. The van der Waals surface area contributed by atoms with Crippen LogP contribution in [0.15, 0.2) is 63.9 Å². The van der Waals surface area contributed by atoms with Crippen LogP contribution in [-0.2, 0) is 4.79 Å². The number of nitrogens with zero attached hydrogens (tertiary/aromatic N) is 3. The van der Waals surface area contributed by atoms with Crippen molar-refractivity contribution in [1.82, 2.24) is 9.55 Å². The number of thioether (sulfide) groups is 1. The fourth-order valence-electron chi connectivity index (χ4n) is 3.24. The lowest BCUT2D eigenvalue weighted by molar-refractivity contribution is -0.113. The highest BCUT2D eigenvalue weighted by Gasteiger charge is 2.17. The topological polar surface area (TPSA) is 67.2 Å². The molecule has 32 heavy (non-hydrogen) atoms. The van der Waals surface area contributed by atoms with E-state index in [9.17, 15) is 14.0 Å². The molecular weight excluding hydrogens is 447 g/mol. The van der Waals surface area contributed by atoms with Gasteiger partial charge in [0.15, 0.2) is 5.16 Å². The van der Waals surface area contributed by atoms with Crippen molar-refractivity contribution in [3.63, 3.8) is 0 Å². The number of hydrogen-bond acceptors (Lipinski definition) is 6. The maximum atomic E-state index is 13.6. The van der Waals surface area contributed by atoms with Crippen LogP contribution in [0.3, 0.4) is 0 Å². The molecule has 0 radical (unpaired) electrons. The Labute approximate surface area is 192 Å². The first-order valence-electron chi connectivity index (χ1n) is 9.80. The van der Waals surface area contributed by atoms with Gasteiger partial charge in [0.25, 0.3) is 5.56 Å². The summed E-state index contributed by atoms with van der Waals surface area (Å²) in [6, 6.07) is 13.5. The minimum atomic E-state index is -0.377. The second-order valence-corrected chi connectivity index (χ2v) is 9.24. The highest BCUT2D eigenvalue weighted by molar-refractivity contribution is 7.99. The van der Waals surface area contributed by atoms with E-state index >= 15 is 0 Å². The van der Waals surface area contributed by atoms with Crippen LogP contribution < -0.4 is 15.8 Å². The first-order valence-corrected chi connectivity index (χ1v) is 11.7. The molecule has 0 saturated heterocycles. The van der Waals surface area contributed by atoms with Crippen LogP contribution in [-0.4, -0.2) is 35.3 Å². The van der Waals surface area contributed by atoms with E-state index < -0.39 is 0 Å². The summed E-state index contributed by atoms with van der Waals surface area (Å²) in [5, 5.41) is 5.05. The Bertz CT molecular complexity index is 1350. The lowest BCUT2D eigenvalue weighted by atomic mass is 10.2. The molecule has 9 heteroatoms. The van der Waals surface area contributed by atoms with Gasteiger partial charge in [0, 0.05) is 25.5 Å². The number of rotatable bonds is 6. The number of carbonyl (C=O) groups is 1. The van der Waals surface area contributed by atoms with Crippen LogP contribution >= 0.6 is 23.1 Å². The van der Waals surface area contributed by atoms with Gasteiger partial charge in [-0.1, -0.05) is 11.8 Å². The van der Waals surface area contributed by atoms with Crippen LogP contribution in [0.5, 0.6) is 0 Å². The maximum Gasteiger partial charge on any atom is 0.276 e. The Morgan fingerprint density at radius 3 is 2.62 bits per heavy atom. The van der Waals surface area contributed by atoms with Gasteiger partial charge in [-0.25, -0.2) is 9.37 Å². The van der Waals surface area contributed by atoms with Gasteiger partial charge in [0.1, 0.15) is 10.5 Å². The highest BCUT2D eigenvalue weighted by atomic mass is 32.2. The average Bonchev–Trinajstić information content (AvgIpc) is 3.22. The van der Waals surface area contributed by atoms with E-state index in [0.29, 0.717) is 32.3 Å². The number of amides is 1. The van der Waals surface area contributed by atoms with E-state index in [2.05, 4.69) is 10.3 Å². The number of hydrogen-bond donors (Lipinski definition) is 1. The van der Waals surface area contributed by atoms with Gasteiger partial charge >= 0.3 is 0 Å². The molecule has 1 N–H and O–H groups in total. The van der Waals surface area contributed by atoms with Crippen LogP contribution in [0.4, 0.5) is 15.8 Å². The summed E-state index contributed by atoms with van der Waals surface area (Å²) >= 11 is 2.47. The van der Waals surface area contributed by atoms with Crippen molar-refractivity contribution in [2.24, 2.45) is 0 Å². The smallest absolute Gasteiger partial charge is 0.276 e. The predicted octanol–water partition coefficient (Wildman–Crippen LogP) is 4.69. The summed E-state index contributed by atoms with van der Waals surface area (Å²) in [5.74, 6) is -0.523. The quantitative estimate of drug-likeness (QED) is 0.328. The lowest BCUT2D eigenvalue weighted by Gasteiger charge is -2.15. The molecule has 0 aliphatic heterocycles. The molecule has 0 saturated carbocycles. The normalized spacial score (nSPS) is 11.0. The van der Waals surface area contributed by atoms with Gasteiger partial charge in [-0.05, 0) is 66.4 Å². The number of benzene rings is 2. The monoisotopic (exact) mass is 468 g/mol. The van der Waals surface area contributed by atoms with E-state index in [-0.39, 0.29) is 23.0 Å². The van der Waals surface area contributed by atoms with Crippen LogP contribution in [0, 0.1) is 12.7 Å². The Morgan fingerprint density at radius 2 is 1.94 bits per heavy atom. The summed E-state index contributed by atoms with van der Waals surface area (Å²) in [4.78, 5) is 32.3. The fourth-order valence-corrected chi connectivity index (χ4v) is 4.81. The maximum absolute atomic E-state index is 13.6. The molecule has 0 aliphatic carbocycles. The molecule has 0 fully saturated rings. The summed E-state index contributed by atoms with van der Waals surface area (Å²) in [6.07, 6.45) is 0. The average molecular weight is 469 g/mol. The summed E-state index contributed by atoms with van der Waals surface area (Å²) in [7, 11) is 3.90. The van der Waals surface area contributed by atoms with E-state index in [1.165, 1.54) is 39.8 Å². The van der Waals surface area contributed by atoms with Crippen molar-refractivity contribution in [1.29, 1.82) is 0 Å². The van der Waals surface area contributed by atoms with Crippen molar-refractivity contribution in [3.05, 3.63) is 75.6 Å². The van der Waals surface area contributed by atoms with Crippen LogP contribution in [0.25, 0.3) is 15.9 Å². The Kier molecular flexibility index (Phi) is 6.29. The first-order chi connectivity index (χ1) is 15.3. The second kappa shape index (κ2) is 9.13. The fraction of sp³-hybridized carbons (Fsp3) is 0.174. The summed E-state index contributed by atoms with van der Waals surface area (Å²) in [5.41, 5.74) is 3.22. The zero-order valence-electron chi connectivity index (χ0n) is 17.8. The molecule has 4 aromatic rings. The highest BCUT2D eigenvalue weighted by Crippen LogP contribution is 2.25. The summed E-state index contributed by atoms with van der Waals surface area (Å²) < 4.78 is 15.6. The van der Waals surface area contributed by atoms with Gasteiger partial charge in [-0.3, -0.25) is 14.2 Å². The predicted molar refractivity (Wildman–Crippen MR) is 130 cm³/mol. The van der Waals surface area contributed by atoms with Crippen molar-refractivity contribution in [2.75, 3.05) is 30.1 Å². The van der Waals surface area contributed by atoms with Crippen molar-refractivity contribution in [3.8, 4) is 5.69 Å². The molecule has 0 spiro atoms. The molecule has 164 valence electrons. The van der Waals surface area contributed by atoms with Gasteiger partial charge in [-0.15, -0.1) is 11.3 Å². The van der Waals surface area contributed by atoms with Gasteiger partial charge < -0.3 is 10.2 Å². The molecule has 6 nitrogen and oxygen atoms in total. The first kappa shape index (κ1) is 22.0. The van der Waals surface area contributed by atoms with Crippen molar-refractivity contribution in [2.45, 2.75) is 12.1 Å². The number of anilines is 2. The van der Waals surface area contributed by atoms with Crippen LogP contribution in [0.2, 0.25) is 0 Å². The Balaban J connectivity index is 1.61. The molecule has 0 bridgehead atoms. The molecule has 2 aromatic carbocycles. The molecule has 0 unspecified atom stereocenters. The number of aromatic nitrogens is 2. The molecule has 4 rings (SSSR count). The number of fused-ring (bicyclic) bond motifs is 1. The molecule has 2 aromatic heterocycles. The number of halogens is 1. The standard InChI is InChI=1S/C23H21FN4O2S2/c1-14-12-15(24)4-9-19(14)28-22(30)21-18(10-11-31-21)26-23(28)32-13-20(29)25-16-5-7-17(8-6-16)27(2)3/h4-12H,13H2,1-3H3,(H,25,29). The third kappa shape index (κ3) is 4.53. The molecular formula is C23H21FN4O2S2. The molecule has 2 heterocycles. The third-order valence-electron chi connectivity index (χ3n) is 4.85. The number of aryl methyl sites for hydroxylation is 1. The van der Waals surface area contributed by atoms with Crippen LogP contribution in [0.1, 0.15) is 5.56 Å². The number of nitrogens with one attached hydrogen (secondary N) is 1. The van der Waals surface area contributed by atoms with Crippen molar-refractivity contribution >= 4 is 50.6 Å². The van der Waals surface area contributed by atoms with Crippen molar-refractivity contribution < 1.29 is 9.18 Å². The van der Waals surface area contributed by atoms with E-state index in [1.807, 2.05) is 43.3 Å². The number of thiophene rings is 1. The second-order valence-electron chi connectivity index (χ2n) is 7.38. The minimum Gasteiger partial charge on any atom is -0.378 e. The minimum absolute atomic E-state index is 0.0672. The van der Waals surface area contributed by atoms with E-state index in [1.54, 1.807) is 24.4 Å². The van der Waals surface area contributed by atoms with Gasteiger partial charge in [0.05, 0.1) is 17.0 Å². The number of carbonyl (C=O) groups excluding carboxylic acids is 1. The molecule has 0 atom stereocenters. The molecule has 0 aliphatic rings. The zero-order chi connectivity index (χ0) is 22.8. The van der Waals surface area contributed by atoms with Gasteiger partial charge in [-0.2, -0.15) is 0 Å². The van der Waals surface area contributed by atoms with Gasteiger partial charge in [0.2, 0.25) is 5.91 Å². The summed E-state index contributed by atoms with van der Waals surface area (Å²) in [6.45, 7) is 1.74.